The number of hydrogen-bond acceptors (Lipinski definition) is 2. The van der Waals surface area contributed by atoms with Crippen LogP contribution in [0.1, 0.15) is 12.5 Å². The first kappa shape index (κ1) is 9.06. The lowest BCUT2D eigenvalue weighted by Crippen LogP contribution is -2.37. The molecule has 0 atom stereocenters. The molecule has 0 aliphatic carbocycles. The van der Waals surface area contributed by atoms with Crippen LogP contribution < -0.4 is 10.2 Å². The Morgan fingerprint density at radius 2 is 2.29 bits per heavy atom. The van der Waals surface area contributed by atoms with Crippen LogP contribution in [0.5, 0.6) is 0 Å². The van der Waals surface area contributed by atoms with Gasteiger partial charge in [0.15, 0.2) is 0 Å². The molecule has 0 radical (unpaired) electrons. The summed E-state index contributed by atoms with van der Waals surface area (Å²) in [6, 6.07) is 6.08. The second kappa shape index (κ2) is 3.33. The summed E-state index contributed by atoms with van der Waals surface area (Å²) in [4.78, 5) is 13.4. The minimum Gasteiger partial charge on any atom is -0.361 e. The van der Waals surface area contributed by atoms with Gasteiger partial charge in [-0.05, 0) is 31.5 Å². The Bertz CT molecular complexity index is 374. The van der Waals surface area contributed by atoms with Crippen molar-refractivity contribution >= 4 is 17.3 Å². The Labute approximate surface area is 83.7 Å². The Morgan fingerprint density at radius 3 is 3.00 bits per heavy atom. The average molecular weight is 190 g/mol. The van der Waals surface area contributed by atoms with E-state index in [0.29, 0.717) is 6.54 Å². The van der Waals surface area contributed by atoms with Gasteiger partial charge >= 0.3 is 0 Å². The van der Waals surface area contributed by atoms with Crippen LogP contribution in [0.2, 0.25) is 0 Å². The Morgan fingerprint density at radius 1 is 1.50 bits per heavy atom. The number of hydrogen-bond donors (Lipinski definition) is 1. The fourth-order valence-electron chi connectivity index (χ4n) is 1.74. The minimum absolute atomic E-state index is 0.0724. The van der Waals surface area contributed by atoms with E-state index in [4.69, 9.17) is 0 Å². The number of benzene rings is 1. The third kappa shape index (κ3) is 1.45. The summed E-state index contributed by atoms with van der Waals surface area (Å²) in [6.07, 6.45) is 0. The number of nitrogens with zero attached hydrogens (tertiary/aromatic N) is 1. The molecular weight excluding hydrogens is 176 g/mol. The highest BCUT2D eigenvalue weighted by Gasteiger charge is 2.19. The number of fused-ring (bicyclic) bond motifs is 1. The van der Waals surface area contributed by atoms with Crippen LogP contribution in [-0.4, -0.2) is 19.0 Å². The van der Waals surface area contributed by atoms with Gasteiger partial charge in [-0.25, -0.2) is 0 Å². The molecule has 1 aromatic carbocycles. The van der Waals surface area contributed by atoms with Crippen LogP contribution >= 0.6 is 0 Å². The molecule has 0 fully saturated rings. The van der Waals surface area contributed by atoms with Gasteiger partial charge in [0, 0.05) is 6.54 Å². The Hall–Kier alpha value is -1.51. The average Bonchev–Trinajstić information content (AvgIpc) is 2.17. The lowest BCUT2D eigenvalue weighted by molar-refractivity contribution is -0.115. The fourth-order valence-corrected chi connectivity index (χ4v) is 1.74. The highest BCUT2D eigenvalue weighted by molar-refractivity contribution is 6.01. The van der Waals surface area contributed by atoms with Crippen molar-refractivity contribution in [2.75, 3.05) is 23.3 Å². The van der Waals surface area contributed by atoms with Crippen LogP contribution in [0.4, 0.5) is 11.4 Å². The molecule has 2 rings (SSSR count). The number of rotatable bonds is 1. The van der Waals surface area contributed by atoms with E-state index in [1.807, 2.05) is 12.1 Å². The largest absolute Gasteiger partial charge is 0.361 e. The normalized spacial score (nSPS) is 15.0. The van der Waals surface area contributed by atoms with Gasteiger partial charge in [-0.2, -0.15) is 0 Å². The van der Waals surface area contributed by atoms with E-state index in [1.54, 1.807) is 0 Å². The molecule has 1 aliphatic heterocycles. The molecule has 0 saturated carbocycles. The number of carbonyl (C=O) groups excluding carboxylic acids is 1. The molecule has 1 heterocycles. The summed E-state index contributed by atoms with van der Waals surface area (Å²) in [5, 5.41) is 2.87. The SMILES string of the molecule is CCN1CC(=O)Nc2ccc(C)cc21. The van der Waals surface area contributed by atoms with E-state index >= 15 is 0 Å². The first-order valence-corrected chi connectivity index (χ1v) is 4.86. The predicted molar refractivity (Wildman–Crippen MR) is 57.7 cm³/mol. The standard InChI is InChI=1S/C11H14N2O/c1-3-13-7-11(14)12-9-5-4-8(2)6-10(9)13/h4-6H,3,7H2,1-2H3,(H,12,14). The molecule has 14 heavy (non-hydrogen) atoms. The molecule has 3 nitrogen and oxygen atoms in total. The van der Waals surface area contributed by atoms with Crippen molar-refractivity contribution in [2.24, 2.45) is 0 Å². The van der Waals surface area contributed by atoms with Crippen molar-refractivity contribution in [1.82, 2.24) is 0 Å². The molecule has 1 amide bonds. The third-order valence-corrected chi connectivity index (χ3v) is 2.48. The zero-order valence-electron chi connectivity index (χ0n) is 8.50. The van der Waals surface area contributed by atoms with Crippen molar-refractivity contribution in [3.8, 4) is 0 Å². The van der Waals surface area contributed by atoms with Gasteiger partial charge in [0.25, 0.3) is 0 Å². The number of aryl methyl sites for hydroxylation is 1. The van der Waals surface area contributed by atoms with Gasteiger partial charge in [-0.1, -0.05) is 6.07 Å². The van der Waals surface area contributed by atoms with Gasteiger partial charge in [0.1, 0.15) is 0 Å². The molecule has 0 bridgehead atoms. The topological polar surface area (TPSA) is 32.3 Å². The molecular formula is C11H14N2O. The quantitative estimate of drug-likeness (QED) is 0.732. The molecule has 74 valence electrons. The van der Waals surface area contributed by atoms with Crippen molar-refractivity contribution in [3.63, 3.8) is 0 Å². The summed E-state index contributed by atoms with van der Waals surface area (Å²) in [7, 11) is 0. The molecule has 1 aliphatic rings. The lowest BCUT2D eigenvalue weighted by atomic mass is 10.1. The first-order valence-electron chi connectivity index (χ1n) is 4.86. The van der Waals surface area contributed by atoms with Crippen molar-refractivity contribution in [3.05, 3.63) is 23.8 Å². The second-order valence-corrected chi connectivity index (χ2v) is 3.58. The van der Waals surface area contributed by atoms with Crippen LogP contribution in [0.3, 0.4) is 0 Å². The third-order valence-electron chi connectivity index (χ3n) is 2.48. The van der Waals surface area contributed by atoms with Crippen molar-refractivity contribution < 1.29 is 4.79 Å². The smallest absolute Gasteiger partial charge is 0.243 e. The van der Waals surface area contributed by atoms with Crippen molar-refractivity contribution in [2.45, 2.75) is 13.8 Å². The van der Waals surface area contributed by atoms with Crippen LogP contribution in [0, 0.1) is 6.92 Å². The van der Waals surface area contributed by atoms with Gasteiger partial charge in [-0.15, -0.1) is 0 Å². The Balaban J connectivity index is 2.46. The summed E-state index contributed by atoms with van der Waals surface area (Å²) >= 11 is 0. The number of anilines is 2. The molecule has 1 N–H and O–H groups in total. The summed E-state index contributed by atoms with van der Waals surface area (Å²) in [5.41, 5.74) is 3.28. The van der Waals surface area contributed by atoms with Crippen LogP contribution in [-0.2, 0) is 4.79 Å². The molecule has 0 unspecified atom stereocenters. The van der Waals surface area contributed by atoms with Crippen molar-refractivity contribution in [1.29, 1.82) is 0 Å². The van der Waals surface area contributed by atoms with Gasteiger partial charge in [0.05, 0.1) is 17.9 Å². The Kier molecular flexibility index (Phi) is 2.15. The fraction of sp³-hybridized carbons (Fsp3) is 0.364. The summed E-state index contributed by atoms with van der Waals surface area (Å²) < 4.78 is 0. The summed E-state index contributed by atoms with van der Waals surface area (Å²) in [5.74, 6) is 0.0724. The number of nitrogens with one attached hydrogen (secondary N) is 1. The molecule has 1 aromatic rings. The van der Waals surface area contributed by atoms with Gasteiger partial charge in [-0.3, -0.25) is 4.79 Å². The highest BCUT2D eigenvalue weighted by Crippen LogP contribution is 2.29. The van der Waals surface area contributed by atoms with E-state index in [0.717, 1.165) is 17.9 Å². The van der Waals surface area contributed by atoms with E-state index < -0.39 is 0 Å². The zero-order valence-corrected chi connectivity index (χ0v) is 8.50. The predicted octanol–water partition coefficient (Wildman–Crippen LogP) is 1.77. The van der Waals surface area contributed by atoms with Crippen LogP contribution in [0.25, 0.3) is 0 Å². The van der Waals surface area contributed by atoms with Crippen LogP contribution in [0.15, 0.2) is 18.2 Å². The number of likely N-dealkylation sites (N-methyl/N-ethyl adjacent to an activating group) is 1. The second-order valence-electron chi connectivity index (χ2n) is 3.58. The van der Waals surface area contributed by atoms with E-state index in [1.165, 1.54) is 5.56 Å². The molecule has 0 aromatic heterocycles. The zero-order chi connectivity index (χ0) is 10.1. The van der Waals surface area contributed by atoms with Gasteiger partial charge < -0.3 is 10.2 Å². The molecule has 3 heteroatoms. The monoisotopic (exact) mass is 190 g/mol. The lowest BCUT2D eigenvalue weighted by Gasteiger charge is -2.30. The minimum atomic E-state index is 0.0724. The van der Waals surface area contributed by atoms with E-state index in [-0.39, 0.29) is 5.91 Å². The van der Waals surface area contributed by atoms with Gasteiger partial charge in [0.2, 0.25) is 5.91 Å². The molecule has 0 spiro atoms. The van der Waals surface area contributed by atoms with E-state index in [2.05, 4.69) is 30.1 Å². The maximum atomic E-state index is 11.3. The maximum Gasteiger partial charge on any atom is 0.243 e. The first-order chi connectivity index (χ1) is 6.70. The number of carbonyl (C=O) groups is 1. The van der Waals surface area contributed by atoms with E-state index in [9.17, 15) is 4.79 Å². The maximum absolute atomic E-state index is 11.3. The highest BCUT2D eigenvalue weighted by atomic mass is 16.2. The summed E-state index contributed by atoms with van der Waals surface area (Å²) in [6.45, 7) is 5.45. The number of amides is 1. The molecule has 0 saturated heterocycles.